The van der Waals surface area contributed by atoms with Gasteiger partial charge in [-0.2, -0.15) is 0 Å². The van der Waals surface area contributed by atoms with Gasteiger partial charge in [-0.05, 0) is 40.3 Å². The van der Waals surface area contributed by atoms with Crippen LogP contribution < -0.4 is 5.73 Å². The predicted molar refractivity (Wildman–Crippen MR) is 75.0 cm³/mol. The van der Waals surface area contributed by atoms with E-state index in [9.17, 15) is 4.39 Å². The van der Waals surface area contributed by atoms with Gasteiger partial charge in [0.2, 0.25) is 0 Å². The quantitative estimate of drug-likeness (QED) is 0.758. The number of nitrogens with zero attached hydrogens (tertiary/aromatic N) is 1. The minimum Gasteiger partial charge on any atom is -0.326 e. The van der Waals surface area contributed by atoms with E-state index in [0.29, 0.717) is 6.54 Å². The zero-order valence-electron chi connectivity index (χ0n) is 10.3. The molecule has 0 spiro atoms. The van der Waals surface area contributed by atoms with Gasteiger partial charge < -0.3 is 5.73 Å². The van der Waals surface area contributed by atoms with Crippen molar-refractivity contribution in [3.05, 3.63) is 66.2 Å². The highest BCUT2D eigenvalue weighted by atomic mass is 19.1. The van der Waals surface area contributed by atoms with E-state index < -0.39 is 0 Å². The average molecular weight is 252 g/mol. The molecule has 0 aliphatic rings. The lowest BCUT2D eigenvalue weighted by atomic mass is 9.95. The molecule has 94 valence electrons. The molecule has 0 radical (unpaired) electrons. The predicted octanol–water partition coefficient (Wildman–Crippen LogP) is 3.50. The topological polar surface area (TPSA) is 38.9 Å². The number of hydrogen-bond donors (Lipinski definition) is 1. The summed E-state index contributed by atoms with van der Waals surface area (Å²) in [7, 11) is 0. The molecule has 3 aromatic rings. The third-order valence-electron chi connectivity index (χ3n) is 3.27. The second-order valence-corrected chi connectivity index (χ2v) is 4.41. The Morgan fingerprint density at radius 2 is 1.95 bits per heavy atom. The molecule has 3 rings (SSSR count). The van der Waals surface area contributed by atoms with Crippen LogP contribution in [0, 0.1) is 5.82 Å². The molecule has 0 saturated heterocycles. The first-order valence-corrected chi connectivity index (χ1v) is 6.11. The number of hydrogen-bond acceptors (Lipinski definition) is 2. The Hall–Kier alpha value is -2.26. The first kappa shape index (κ1) is 11.8. The molecule has 0 amide bonds. The molecular weight excluding hydrogens is 239 g/mol. The lowest BCUT2D eigenvalue weighted by molar-refractivity contribution is 0.627. The van der Waals surface area contributed by atoms with Crippen LogP contribution >= 0.6 is 0 Å². The number of pyridine rings is 1. The highest BCUT2D eigenvalue weighted by Crippen LogP contribution is 2.30. The van der Waals surface area contributed by atoms with Crippen molar-refractivity contribution in [1.29, 1.82) is 0 Å². The molecule has 1 heterocycles. The number of aromatic nitrogens is 1. The minimum absolute atomic E-state index is 0.256. The lowest BCUT2D eigenvalue weighted by Crippen LogP contribution is -1.99. The first-order valence-electron chi connectivity index (χ1n) is 6.11. The number of rotatable bonds is 2. The van der Waals surface area contributed by atoms with Crippen molar-refractivity contribution in [2.45, 2.75) is 6.54 Å². The Morgan fingerprint density at radius 1 is 1.05 bits per heavy atom. The van der Waals surface area contributed by atoms with Gasteiger partial charge in [-0.3, -0.25) is 4.98 Å². The molecule has 1 aromatic heterocycles. The van der Waals surface area contributed by atoms with E-state index in [1.807, 2.05) is 24.3 Å². The summed E-state index contributed by atoms with van der Waals surface area (Å²) in [5, 5.41) is 2.09. The Morgan fingerprint density at radius 3 is 2.79 bits per heavy atom. The fourth-order valence-electron chi connectivity index (χ4n) is 2.33. The molecule has 0 atom stereocenters. The van der Waals surface area contributed by atoms with Crippen LogP contribution in [0.1, 0.15) is 5.56 Å². The van der Waals surface area contributed by atoms with Gasteiger partial charge in [-0.25, -0.2) is 4.39 Å². The van der Waals surface area contributed by atoms with Crippen molar-refractivity contribution in [2.24, 2.45) is 5.73 Å². The second kappa shape index (κ2) is 4.78. The Labute approximate surface area is 110 Å². The summed E-state index contributed by atoms with van der Waals surface area (Å²) in [4.78, 5) is 4.15. The van der Waals surface area contributed by atoms with Gasteiger partial charge in [0.1, 0.15) is 5.82 Å². The van der Waals surface area contributed by atoms with E-state index in [1.165, 1.54) is 12.1 Å². The smallest absolute Gasteiger partial charge is 0.123 e. The summed E-state index contributed by atoms with van der Waals surface area (Å²) >= 11 is 0. The fourth-order valence-corrected chi connectivity index (χ4v) is 2.33. The van der Waals surface area contributed by atoms with E-state index in [2.05, 4.69) is 4.98 Å². The normalized spacial score (nSPS) is 10.8. The number of halogens is 1. The van der Waals surface area contributed by atoms with E-state index in [1.54, 1.807) is 18.5 Å². The summed E-state index contributed by atoms with van der Waals surface area (Å²) in [6.45, 7) is 0.381. The monoisotopic (exact) mass is 252 g/mol. The van der Waals surface area contributed by atoms with Gasteiger partial charge in [-0.15, -0.1) is 0 Å². The van der Waals surface area contributed by atoms with Gasteiger partial charge >= 0.3 is 0 Å². The first-order chi connectivity index (χ1) is 9.29. The second-order valence-electron chi connectivity index (χ2n) is 4.41. The van der Waals surface area contributed by atoms with E-state index in [-0.39, 0.29) is 5.82 Å². The zero-order chi connectivity index (χ0) is 13.2. The van der Waals surface area contributed by atoms with Crippen molar-refractivity contribution in [3.8, 4) is 11.1 Å². The largest absolute Gasteiger partial charge is 0.326 e. The highest BCUT2D eigenvalue weighted by Gasteiger charge is 2.09. The maximum atomic E-state index is 13.5. The highest BCUT2D eigenvalue weighted by molar-refractivity contribution is 5.96. The summed E-state index contributed by atoms with van der Waals surface area (Å²) in [6, 6.07) is 12.6. The maximum Gasteiger partial charge on any atom is 0.123 e. The van der Waals surface area contributed by atoms with Crippen LogP contribution in [0.2, 0.25) is 0 Å². The van der Waals surface area contributed by atoms with E-state index >= 15 is 0 Å². The summed E-state index contributed by atoms with van der Waals surface area (Å²) in [5.41, 5.74) is 8.47. The lowest BCUT2D eigenvalue weighted by Gasteiger charge is -2.11. The third-order valence-corrected chi connectivity index (χ3v) is 3.27. The minimum atomic E-state index is -0.256. The number of nitrogens with two attached hydrogens (primary N) is 1. The summed E-state index contributed by atoms with van der Waals surface area (Å²) in [5.74, 6) is -0.256. The van der Waals surface area contributed by atoms with Gasteiger partial charge in [0.25, 0.3) is 0 Å². The third kappa shape index (κ3) is 2.09. The fraction of sp³-hybridized carbons (Fsp3) is 0.0625. The van der Waals surface area contributed by atoms with Crippen LogP contribution in [0.25, 0.3) is 21.9 Å². The van der Waals surface area contributed by atoms with Crippen LogP contribution in [0.3, 0.4) is 0 Å². The molecular formula is C16H13FN2. The van der Waals surface area contributed by atoms with Crippen LogP contribution in [0.5, 0.6) is 0 Å². The Bertz CT molecular complexity index is 732. The van der Waals surface area contributed by atoms with Crippen LogP contribution in [-0.4, -0.2) is 4.98 Å². The SMILES string of the molecule is NCc1ccc(F)cc1-c1cccc2ccncc12. The molecule has 0 bridgehead atoms. The average Bonchev–Trinajstić information content (AvgIpc) is 2.46. The molecule has 19 heavy (non-hydrogen) atoms. The number of fused-ring (bicyclic) bond motifs is 1. The molecule has 0 unspecified atom stereocenters. The molecule has 0 aliphatic carbocycles. The van der Waals surface area contributed by atoms with E-state index in [0.717, 1.165) is 27.5 Å². The molecule has 0 aliphatic heterocycles. The maximum absolute atomic E-state index is 13.5. The molecule has 3 heteroatoms. The van der Waals surface area contributed by atoms with Crippen LogP contribution in [0.15, 0.2) is 54.9 Å². The van der Waals surface area contributed by atoms with Gasteiger partial charge in [0.15, 0.2) is 0 Å². The summed E-state index contributed by atoms with van der Waals surface area (Å²) in [6.07, 6.45) is 3.55. The number of benzene rings is 2. The zero-order valence-corrected chi connectivity index (χ0v) is 10.3. The van der Waals surface area contributed by atoms with Gasteiger partial charge in [-0.1, -0.05) is 24.3 Å². The molecule has 0 saturated carbocycles. The molecule has 0 fully saturated rings. The van der Waals surface area contributed by atoms with Crippen molar-refractivity contribution < 1.29 is 4.39 Å². The van der Waals surface area contributed by atoms with Crippen molar-refractivity contribution in [2.75, 3.05) is 0 Å². The van der Waals surface area contributed by atoms with Crippen molar-refractivity contribution in [3.63, 3.8) is 0 Å². The summed E-state index contributed by atoms with van der Waals surface area (Å²) < 4.78 is 13.5. The molecule has 2 N–H and O–H groups in total. The van der Waals surface area contributed by atoms with Crippen molar-refractivity contribution in [1.82, 2.24) is 4.98 Å². The Kier molecular flexibility index (Phi) is 2.97. The van der Waals surface area contributed by atoms with Gasteiger partial charge in [0.05, 0.1) is 0 Å². The van der Waals surface area contributed by atoms with Crippen LogP contribution in [0.4, 0.5) is 4.39 Å². The van der Waals surface area contributed by atoms with Crippen molar-refractivity contribution >= 4 is 10.8 Å². The standard InChI is InChI=1S/C16H13FN2/c17-13-5-4-12(9-18)15(8-13)14-3-1-2-11-6-7-19-10-16(11)14/h1-8,10H,9,18H2. The van der Waals surface area contributed by atoms with Crippen LogP contribution in [-0.2, 0) is 6.54 Å². The van der Waals surface area contributed by atoms with Gasteiger partial charge in [0, 0.05) is 24.3 Å². The molecule has 2 nitrogen and oxygen atoms in total. The van der Waals surface area contributed by atoms with E-state index in [4.69, 9.17) is 5.73 Å². The molecule has 2 aromatic carbocycles. The Balaban J connectivity index is 2.33.